The van der Waals surface area contributed by atoms with E-state index in [-0.39, 0.29) is 17.9 Å². The van der Waals surface area contributed by atoms with Crippen LogP contribution < -0.4 is 10.5 Å². The molecule has 0 fully saturated rings. The lowest BCUT2D eigenvalue weighted by Crippen LogP contribution is -2.11. The molecule has 3 nitrogen and oxygen atoms in total. The van der Waals surface area contributed by atoms with E-state index in [1.165, 1.54) is 0 Å². The number of phenolic OH excluding ortho intramolecular Hbond substituents is 1. The highest BCUT2D eigenvalue weighted by Gasteiger charge is 2.11. The number of aromatic hydroxyl groups is 1. The summed E-state index contributed by atoms with van der Waals surface area (Å²) in [6.45, 7) is 6.02. The Morgan fingerprint density at radius 1 is 1.38 bits per heavy atom. The Kier molecular flexibility index (Phi) is 4.62. The summed E-state index contributed by atoms with van der Waals surface area (Å²) in [6, 6.07) is 5.11. The highest BCUT2D eigenvalue weighted by atomic mass is 16.5. The van der Waals surface area contributed by atoms with Crippen LogP contribution in [0.5, 0.6) is 11.5 Å². The topological polar surface area (TPSA) is 55.5 Å². The standard InChI is InChI=1S/C13H21NO2/c1-4-5-12(14)11-8-10(16-9(2)3)6-7-13(11)15/h6-9,12,15H,4-5,14H2,1-3H3. The van der Waals surface area contributed by atoms with Gasteiger partial charge in [-0.25, -0.2) is 0 Å². The summed E-state index contributed by atoms with van der Waals surface area (Å²) in [5.74, 6) is 1.01. The van der Waals surface area contributed by atoms with Crippen molar-refractivity contribution < 1.29 is 9.84 Å². The lowest BCUT2D eigenvalue weighted by Gasteiger charge is -2.16. The summed E-state index contributed by atoms with van der Waals surface area (Å²) >= 11 is 0. The van der Waals surface area contributed by atoms with Crippen LogP contribution in [0.25, 0.3) is 0 Å². The highest BCUT2D eigenvalue weighted by Crippen LogP contribution is 2.29. The molecule has 0 saturated carbocycles. The van der Waals surface area contributed by atoms with Gasteiger partial charge >= 0.3 is 0 Å². The van der Waals surface area contributed by atoms with Crippen molar-refractivity contribution in [2.24, 2.45) is 5.73 Å². The maximum Gasteiger partial charge on any atom is 0.120 e. The average Bonchev–Trinajstić information content (AvgIpc) is 2.20. The zero-order valence-corrected chi connectivity index (χ0v) is 10.2. The fourth-order valence-corrected chi connectivity index (χ4v) is 1.64. The first-order chi connectivity index (χ1) is 7.54. The Hall–Kier alpha value is -1.22. The summed E-state index contributed by atoms with van der Waals surface area (Å²) in [5, 5.41) is 9.73. The van der Waals surface area contributed by atoms with E-state index in [1.807, 2.05) is 19.9 Å². The van der Waals surface area contributed by atoms with Gasteiger partial charge in [-0.15, -0.1) is 0 Å². The molecule has 1 aromatic rings. The molecule has 0 radical (unpaired) electrons. The number of hydrogen-bond donors (Lipinski definition) is 2. The third kappa shape index (κ3) is 3.42. The van der Waals surface area contributed by atoms with Crippen molar-refractivity contribution in [3.05, 3.63) is 23.8 Å². The second kappa shape index (κ2) is 5.75. The largest absolute Gasteiger partial charge is 0.508 e. The molecule has 16 heavy (non-hydrogen) atoms. The van der Waals surface area contributed by atoms with Crippen molar-refractivity contribution >= 4 is 0 Å². The average molecular weight is 223 g/mol. The van der Waals surface area contributed by atoms with E-state index in [2.05, 4.69) is 6.92 Å². The zero-order valence-electron chi connectivity index (χ0n) is 10.2. The van der Waals surface area contributed by atoms with Gasteiger partial charge in [0.1, 0.15) is 11.5 Å². The maximum absolute atomic E-state index is 9.73. The van der Waals surface area contributed by atoms with Crippen LogP contribution in [0.2, 0.25) is 0 Å². The Morgan fingerprint density at radius 2 is 2.06 bits per heavy atom. The third-order valence-electron chi connectivity index (χ3n) is 2.37. The number of benzene rings is 1. The van der Waals surface area contributed by atoms with Gasteiger partial charge in [0, 0.05) is 11.6 Å². The molecule has 0 bridgehead atoms. The summed E-state index contributed by atoms with van der Waals surface area (Å²) in [5.41, 5.74) is 6.75. The van der Waals surface area contributed by atoms with E-state index in [9.17, 15) is 5.11 Å². The lowest BCUT2D eigenvalue weighted by molar-refractivity contribution is 0.241. The first-order valence-corrected chi connectivity index (χ1v) is 5.79. The fraction of sp³-hybridized carbons (Fsp3) is 0.538. The molecule has 90 valence electrons. The van der Waals surface area contributed by atoms with E-state index in [0.29, 0.717) is 0 Å². The summed E-state index contributed by atoms with van der Waals surface area (Å²) in [6.07, 6.45) is 1.98. The quantitative estimate of drug-likeness (QED) is 0.806. The van der Waals surface area contributed by atoms with Crippen molar-refractivity contribution in [2.75, 3.05) is 0 Å². The molecule has 0 spiro atoms. The fourth-order valence-electron chi connectivity index (χ4n) is 1.64. The summed E-state index contributed by atoms with van der Waals surface area (Å²) in [7, 11) is 0. The van der Waals surface area contributed by atoms with Crippen molar-refractivity contribution in [1.82, 2.24) is 0 Å². The number of rotatable bonds is 5. The molecule has 1 aromatic carbocycles. The van der Waals surface area contributed by atoms with Gasteiger partial charge in [0.25, 0.3) is 0 Å². The van der Waals surface area contributed by atoms with Gasteiger partial charge in [-0.2, -0.15) is 0 Å². The van der Waals surface area contributed by atoms with Gasteiger partial charge in [-0.1, -0.05) is 13.3 Å². The Labute approximate surface area is 97.2 Å². The molecular formula is C13H21NO2. The molecule has 0 aliphatic rings. The van der Waals surface area contributed by atoms with E-state index in [4.69, 9.17) is 10.5 Å². The van der Waals surface area contributed by atoms with Crippen LogP contribution in [-0.4, -0.2) is 11.2 Å². The van der Waals surface area contributed by atoms with Gasteiger partial charge in [0.2, 0.25) is 0 Å². The highest BCUT2D eigenvalue weighted by molar-refractivity contribution is 5.41. The third-order valence-corrected chi connectivity index (χ3v) is 2.37. The molecule has 0 amide bonds. The lowest BCUT2D eigenvalue weighted by atomic mass is 10.0. The van der Waals surface area contributed by atoms with Gasteiger partial charge in [0.15, 0.2) is 0 Å². The molecule has 1 unspecified atom stereocenters. The molecule has 0 aliphatic carbocycles. The molecule has 0 aliphatic heterocycles. The zero-order chi connectivity index (χ0) is 12.1. The molecular weight excluding hydrogens is 202 g/mol. The molecule has 0 aromatic heterocycles. The minimum absolute atomic E-state index is 0.124. The van der Waals surface area contributed by atoms with E-state index in [0.717, 1.165) is 24.2 Å². The predicted octanol–water partition coefficient (Wildman–Crippen LogP) is 2.98. The molecule has 0 saturated heterocycles. The van der Waals surface area contributed by atoms with Gasteiger partial charge in [0.05, 0.1) is 6.10 Å². The SMILES string of the molecule is CCCC(N)c1cc(OC(C)C)ccc1O. The smallest absolute Gasteiger partial charge is 0.120 e. The minimum Gasteiger partial charge on any atom is -0.508 e. The van der Waals surface area contributed by atoms with Crippen LogP contribution in [0.3, 0.4) is 0 Å². The number of hydrogen-bond acceptors (Lipinski definition) is 3. The van der Waals surface area contributed by atoms with Gasteiger partial charge in [-0.05, 0) is 38.5 Å². The Morgan fingerprint density at radius 3 is 2.62 bits per heavy atom. The number of ether oxygens (including phenoxy) is 1. The Balaban J connectivity index is 2.89. The van der Waals surface area contributed by atoms with Crippen molar-refractivity contribution in [1.29, 1.82) is 0 Å². The first kappa shape index (κ1) is 12.8. The van der Waals surface area contributed by atoms with E-state index in [1.54, 1.807) is 12.1 Å². The van der Waals surface area contributed by atoms with Crippen LogP contribution in [-0.2, 0) is 0 Å². The predicted molar refractivity (Wildman–Crippen MR) is 65.7 cm³/mol. The second-order valence-corrected chi connectivity index (χ2v) is 4.28. The van der Waals surface area contributed by atoms with E-state index >= 15 is 0 Å². The first-order valence-electron chi connectivity index (χ1n) is 5.79. The molecule has 3 heteroatoms. The van der Waals surface area contributed by atoms with Gasteiger partial charge in [-0.3, -0.25) is 0 Å². The van der Waals surface area contributed by atoms with Crippen LogP contribution in [0, 0.1) is 0 Å². The van der Waals surface area contributed by atoms with E-state index < -0.39 is 0 Å². The number of nitrogens with two attached hydrogens (primary N) is 1. The Bertz CT molecular complexity index is 337. The molecule has 1 atom stereocenters. The second-order valence-electron chi connectivity index (χ2n) is 4.28. The molecule has 1 rings (SSSR count). The maximum atomic E-state index is 9.73. The summed E-state index contributed by atoms with van der Waals surface area (Å²) < 4.78 is 5.57. The number of phenols is 1. The van der Waals surface area contributed by atoms with Crippen molar-refractivity contribution in [3.63, 3.8) is 0 Å². The van der Waals surface area contributed by atoms with Crippen LogP contribution >= 0.6 is 0 Å². The molecule has 3 N–H and O–H groups in total. The monoisotopic (exact) mass is 223 g/mol. The van der Waals surface area contributed by atoms with Crippen molar-refractivity contribution in [3.8, 4) is 11.5 Å². The minimum atomic E-state index is -0.124. The molecule has 0 heterocycles. The van der Waals surface area contributed by atoms with Crippen molar-refractivity contribution in [2.45, 2.75) is 45.8 Å². The van der Waals surface area contributed by atoms with Crippen LogP contribution in [0.4, 0.5) is 0 Å². The normalized spacial score (nSPS) is 12.8. The van der Waals surface area contributed by atoms with Crippen LogP contribution in [0.1, 0.15) is 45.2 Å². The summed E-state index contributed by atoms with van der Waals surface area (Å²) in [4.78, 5) is 0. The van der Waals surface area contributed by atoms with Gasteiger partial charge < -0.3 is 15.6 Å². The van der Waals surface area contributed by atoms with Crippen LogP contribution in [0.15, 0.2) is 18.2 Å².